The highest BCUT2D eigenvalue weighted by atomic mass is 35.5. The lowest BCUT2D eigenvalue weighted by molar-refractivity contribution is -0.346. The van der Waals surface area contributed by atoms with Crippen molar-refractivity contribution < 1.29 is 57.8 Å². The number of nitrogens with zero attached hydrogens (tertiary/aromatic N) is 1. The fourth-order valence-electron chi connectivity index (χ4n) is 9.86. The number of methoxy groups -OCH3 is 3. The van der Waals surface area contributed by atoms with Gasteiger partial charge in [-0.2, -0.15) is 0 Å². The van der Waals surface area contributed by atoms with Crippen LogP contribution in [0.5, 0.6) is 0 Å². The minimum absolute atomic E-state index is 0.0401. The molecule has 4 aliphatic rings. The van der Waals surface area contributed by atoms with Crippen LogP contribution in [0.4, 0.5) is 0 Å². The van der Waals surface area contributed by atoms with Gasteiger partial charge in [0, 0.05) is 59.0 Å². The maximum atomic E-state index is 14.5. The van der Waals surface area contributed by atoms with Crippen LogP contribution < -0.4 is 0 Å². The van der Waals surface area contributed by atoms with Crippen molar-refractivity contribution in [1.29, 1.82) is 0 Å². The van der Waals surface area contributed by atoms with Gasteiger partial charge in [0.15, 0.2) is 6.10 Å². The SMILES string of the molecule is CC[C@@H]1/C=C(\C)C[C@H](C)C[C@H](OC)[C@H]2O[C@](O)([C@H](C)C[C@@H]2OC)[C@@H](O)C(=O)N2CCCC[C@H]2C(=O)O[C@H](/C(C)=C/C2CC[C@H](Cl)[C@H](OC)C2)[C@@H](C)[C@@H](OC(C)=O)CC1=O. The highest BCUT2D eigenvalue weighted by Crippen LogP contribution is 2.41. The number of piperidine rings is 1. The van der Waals surface area contributed by atoms with E-state index in [1.807, 2.05) is 33.8 Å². The van der Waals surface area contributed by atoms with Crippen molar-refractivity contribution in [1.82, 2.24) is 4.90 Å². The molecule has 14 heteroatoms. The van der Waals surface area contributed by atoms with Crippen molar-refractivity contribution in [3.8, 4) is 0 Å². The number of fused-ring (bicyclic) bond motifs is 3. The second kappa shape index (κ2) is 22.1. The number of esters is 2. The third-order valence-corrected chi connectivity index (χ3v) is 13.8. The Morgan fingerprint density at radius 2 is 1.61 bits per heavy atom. The van der Waals surface area contributed by atoms with E-state index < -0.39 is 84.1 Å². The minimum atomic E-state index is -2.32. The van der Waals surface area contributed by atoms with E-state index in [9.17, 15) is 29.4 Å². The Labute approximate surface area is 356 Å². The lowest BCUT2D eigenvalue weighted by Crippen LogP contribution is -2.66. The molecule has 2 N–H and O–H groups in total. The van der Waals surface area contributed by atoms with Crippen molar-refractivity contribution in [3.63, 3.8) is 0 Å². The number of ether oxygens (including phenoxy) is 6. The van der Waals surface area contributed by atoms with Crippen LogP contribution in [0.25, 0.3) is 0 Å². The number of ketones is 1. The zero-order chi connectivity index (χ0) is 43.8. The van der Waals surface area contributed by atoms with Gasteiger partial charge < -0.3 is 43.5 Å². The Bertz CT molecular complexity index is 1500. The zero-order valence-electron chi connectivity index (χ0n) is 37.0. The van der Waals surface area contributed by atoms with Gasteiger partial charge in [-0.05, 0) is 95.5 Å². The van der Waals surface area contributed by atoms with Crippen LogP contribution in [0.3, 0.4) is 0 Å². The van der Waals surface area contributed by atoms with Gasteiger partial charge >= 0.3 is 11.9 Å². The van der Waals surface area contributed by atoms with Gasteiger partial charge in [0.1, 0.15) is 30.1 Å². The molecule has 0 aromatic carbocycles. The monoisotopic (exact) mass is 853 g/mol. The highest BCUT2D eigenvalue weighted by molar-refractivity contribution is 6.21. The Morgan fingerprint density at radius 1 is 0.949 bits per heavy atom. The molecule has 15 atom stereocenters. The van der Waals surface area contributed by atoms with Crippen molar-refractivity contribution >= 4 is 35.2 Å². The lowest BCUT2D eigenvalue weighted by atomic mass is 9.81. The number of amides is 1. The Morgan fingerprint density at radius 3 is 2.24 bits per heavy atom. The molecule has 2 bridgehead atoms. The molecule has 3 aliphatic heterocycles. The molecule has 3 fully saturated rings. The van der Waals surface area contributed by atoms with Crippen molar-refractivity contribution in [2.24, 2.45) is 29.6 Å². The van der Waals surface area contributed by atoms with Gasteiger partial charge in [0.2, 0.25) is 5.79 Å². The lowest BCUT2D eigenvalue weighted by Gasteiger charge is -2.49. The first-order chi connectivity index (χ1) is 27.9. The van der Waals surface area contributed by atoms with Gasteiger partial charge in [-0.25, -0.2) is 4.79 Å². The van der Waals surface area contributed by atoms with Crippen LogP contribution in [0.2, 0.25) is 0 Å². The summed E-state index contributed by atoms with van der Waals surface area (Å²) in [5.41, 5.74) is 1.70. The number of hydrogen-bond donors (Lipinski definition) is 2. The van der Waals surface area contributed by atoms with Crippen LogP contribution >= 0.6 is 11.6 Å². The Balaban J connectivity index is 1.82. The third-order valence-electron chi connectivity index (χ3n) is 13.3. The van der Waals surface area contributed by atoms with Gasteiger partial charge in [-0.1, -0.05) is 45.4 Å². The number of carbonyl (C=O) groups excluding carboxylic acids is 4. The molecule has 0 spiro atoms. The summed E-state index contributed by atoms with van der Waals surface area (Å²) in [6.07, 6.45) is 3.51. The highest BCUT2D eigenvalue weighted by Gasteiger charge is 2.56. The molecule has 336 valence electrons. The number of carbonyl (C=O) groups is 4. The van der Waals surface area contributed by atoms with Crippen molar-refractivity contribution in [2.75, 3.05) is 27.9 Å². The van der Waals surface area contributed by atoms with Gasteiger partial charge in [-0.3, -0.25) is 14.4 Å². The van der Waals surface area contributed by atoms with Crippen molar-refractivity contribution in [2.45, 2.75) is 179 Å². The van der Waals surface area contributed by atoms with E-state index in [-0.39, 0.29) is 54.9 Å². The van der Waals surface area contributed by atoms with Crippen LogP contribution in [-0.2, 0) is 47.6 Å². The van der Waals surface area contributed by atoms with E-state index in [4.69, 9.17) is 40.0 Å². The number of aliphatic hydroxyl groups excluding tert-OH is 1. The van der Waals surface area contributed by atoms with Crippen LogP contribution in [0, 0.1) is 29.6 Å². The maximum absolute atomic E-state index is 14.5. The number of aliphatic hydroxyl groups is 2. The van der Waals surface area contributed by atoms with Crippen LogP contribution in [0.15, 0.2) is 23.3 Å². The summed E-state index contributed by atoms with van der Waals surface area (Å²) in [6, 6.07) is -1.09. The number of Topliss-reactive ketones (excluding diaryl/α,β-unsaturated/α-hetero) is 1. The van der Waals surface area contributed by atoms with E-state index in [1.54, 1.807) is 28.3 Å². The standard InChI is InChI=1S/C45H72ClNO12/c1-11-32-19-25(2)18-26(3)20-38(55-9)41-39(56-10)22-28(5)45(53,59-41)42(50)43(51)47-17-13-12-14-34(47)44(52)58-40(29(6)36(24-35(32)49)57-30(7)48)27(4)21-31-15-16-33(46)37(23-31)54-8/h19,21,26,28-29,31-34,36-42,50,53H,11-18,20,22-24H2,1-10H3/b25-19+,27-21+/t26-,28+,29-,31?,32+,33-,34-,36-,37+,38-,39-,40+,41+,42-,45+/m0/s1. The second-order valence-electron chi connectivity index (χ2n) is 17.8. The molecule has 1 amide bonds. The molecule has 3 heterocycles. The summed E-state index contributed by atoms with van der Waals surface area (Å²) in [5.74, 6) is -6.29. The number of alkyl halides is 1. The second-order valence-corrected chi connectivity index (χ2v) is 18.4. The molecule has 1 saturated carbocycles. The van der Waals surface area contributed by atoms with E-state index in [2.05, 4.69) is 13.0 Å². The number of halogens is 1. The van der Waals surface area contributed by atoms with Crippen LogP contribution in [0.1, 0.15) is 119 Å². The first-order valence-electron chi connectivity index (χ1n) is 21.8. The number of allylic oxidation sites excluding steroid dienone is 3. The summed E-state index contributed by atoms with van der Waals surface area (Å²) in [5, 5.41) is 23.9. The summed E-state index contributed by atoms with van der Waals surface area (Å²) in [6.45, 7) is 12.8. The van der Waals surface area contributed by atoms with Crippen LogP contribution in [-0.4, -0.2) is 127 Å². The summed E-state index contributed by atoms with van der Waals surface area (Å²) in [4.78, 5) is 57.0. The normalized spacial score (nSPS) is 41.2. The fraction of sp³-hybridized carbons (Fsp3) is 0.822. The first kappa shape index (κ1) is 49.3. The fourth-order valence-corrected chi connectivity index (χ4v) is 10.2. The number of hydrogen-bond acceptors (Lipinski definition) is 12. The smallest absolute Gasteiger partial charge is 0.329 e. The van der Waals surface area contributed by atoms with E-state index in [0.29, 0.717) is 44.1 Å². The Kier molecular flexibility index (Phi) is 18.5. The van der Waals surface area contributed by atoms with Crippen molar-refractivity contribution in [3.05, 3.63) is 23.3 Å². The van der Waals surface area contributed by atoms with Gasteiger partial charge in [0.25, 0.3) is 5.91 Å². The quantitative estimate of drug-likeness (QED) is 0.172. The first-order valence-corrected chi connectivity index (χ1v) is 22.2. The number of rotatable bonds is 7. The third kappa shape index (κ3) is 12.2. The molecule has 0 radical (unpaired) electrons. The van der Waals surface area contributed by atoms with E-state index in [1.165, 1.54) is 11.8 Å². The summed E-state index contributed by atoms with van der Waals surface area (Å²) in [7, 11) is 4.75. The molecule has 59 heavy (non-hydrogen) atoms. The van der Waals surface area contributed by atoms with E-state index >= 15 is 0 Å². The largest absolute Gasteiger partial charge is 0.462 e. The maximum Gasteiger partial charge on any atom is 0.329 e. The molecule has 13 nitrogen and oxygen atoms in total. The summed E-state index contributed by atoms with van der Waals surface area (Å²) >= 11 is 6.56. The predicted molar refractivity (Wildman–Crippen MR) is 222 cm³/mol. The van der Waals surface area contributed by atoms with Gasteiger partial charge in [0.05, 0.1) is 23.7 Å². The molecule has 0 aromatic heterocycles. The zero-order valence-corrected chi connectivity index (χ0v) is 37.8. The van der Waals surface area contributed by atoms with Gasteiger partial charge in [-0.15, -0.1) is 11.6 Å². The molecular formula is C45H72ClNO12. The molecular weight excluding hydrogens is 782 g/mol. The average molecular weight is 855 g/mol. The number of cyclic esters (lactones) is 1. The molecule has 2 saturated heterocycles. The minimum Gasteiger partial charge on any atom is -0.462 e. The molecule has 1 aliphatic carbocycles. The molecule has 4 rings (SSSR count). The van der Waals surface area contributed by atoms with E-state index in [0.717, 1.165) is 18.4 Å². The predicted octanol–water partition coefficient (Wildman–Crippen LogP) is 6.08. The Hall–Kier alpha value is -2.39. The molecule has 0 aromatic rings. The summed E-state index contributed by atoms with van der Waals surface area (Å²) < 4.78 is 36.2. The molecule has 1 unspecified atom stereocenters. The topological polar surface area (TPSA) is 167 Å². The average Bonchev–Trinajstić information content (AvgIpc) is 3.20.